The summed E-state index contributed by atoms with van der Waals surface area (Å²) in [7, 11) is 0. The lowest BCUT2D eigenvalue weighted by Gasteiger charge is -2.33. The van der Waals surface area contributed by atoms with E-state index in [1.807, 2.05) is 0 Å². The van der Waals surface area contributed by atoms with Crippen LogP contribution in [0.15, 0.2) is 42.1 Å². The van der Waals surface area contributed by atoms with Crippen LogP contribution < -0.4 is 48.3 Å². The molecule has 1 heterocycles. The van der Waals surface area contributed by atoms with Gasteiger partial charge in [0.2, 0.25) is 35.4 Å². The number of esters is 1. The van der Waals surface area contributed by atoms with E-state index in [1.54, 1.807) is 106 Å². The van der Waals surface area contributed by atoms with Crippen LogP contribution in [0, 0.1) is 23.7 Å². The molecule has 386 valence electrons. The molecule has 0 unspecified atom stereocenters. The Bertz CT molecular complexity index is 1970. The molecule has 1 fully saturated rings. The number of carbonyl (C=O) groups excluding carboxylic acids is 9. The number of nitrogens with two attached hydrogens (primary N) is 1. The Morgan fingerprint density at radius 3 is 1.94 bits per heavy atom. The largest absolute Gasteiger partial charge is 0.458 e. The molecule has 0 spiro atoms. The zero-order valence-electron chi connectivity index (χ0n) is 42.7. The normalized spacial score (nSPS) is 23.8. The van der Waals surface area contributed by atoms with Gasteiger partial charge in [-0.1, -0.05) is 105 Å². The van der Waals surface area contributed by atoms with Crippen LogP contribution in [0.1, 0.15) is 121 Å². The van der Waals surface area contributed by atoms with Crippen molar-refractivity contribution in [2.75, 3.05) is 6.54 Å². The number of benzene rings is 1. The van der Waals surface area contributed by atoms with E-state index < -0.39 is 131 Å². The van der Waals surface area contributed by atoms with Crippen LogP contribution in [0.4, 0.5) is 4.79 Å². The molecule has 1 aliphatic heterocycles. The van der Waals surface area contributed by atoms with Crippen LogP contribution in [-0.4, -0.2) is 114 Å². The Morgan fingerprint density at radius 1 is 0.797 bits per heavy atom. The molecular formula is C49H79N9O11. The van der Waals surface area contributed by atoms with Gasteiger partial charge in [-0.15, -0.1) is 0 Å². The molecule has 20 nitrogen and oxygen atoms in total. The Balaban J connectivity index is 2.62. The summed E-state index contributed by atoms with van der Waals surface area (Å²) in [5.74, 6) is -8.65. The lowest BCUT2D eigenvalue weighted by atomic mass is 9.95. The zero-order valence-corrected chi connectivity index (χ0v) is 42.7. The monoisotopic (exact) mass is 970 g/mol. The predicted molar refractivity (Wildman–Crippen MR) is 259 cm³/mol. The van der Waals surface area contributed by atoms with Crippen LogP contribution >= 0.6 is 0 Å². The lowest BCUT2D eigenvalue weighted by molar-refractivity contribution is -0.157. The predicted octanol–water partition coefficient (Wildman–Crippen LogP) is 2.14. The molecule has 0 aliphatic carbocycles. The summed E-state index contributed by atoms with van der Waals surface area (Å²) >= 11 is 0. The van der Waals surface area contributed by atoms with Crippen molar-refractivity contribution in [2.24, 2.45) is 29.4 Å². The maximum atomic E-state index is 14.6. The van der Waals surface area contributed by atoms with Gasteiger partial charge in [0.15, 0.2) is 0 Å². The first-order valence-electron chi connectivity index (χ1n) is 24.0. The summed E-state index contributed by atoms with van der Waals surface area (Å²) in [6, 6.07) is -0.246. The summed E-state index contributed by atoms with van der Waals surface area (Å²) in [5.41, 5.74) is 5.99. The maximum absolute atomic E-state index is 14.6. The highest BCUT2D eigenvalue weighted by Gasteiger charge is 2.40. The number of hydrogen-bond acceptors (Lipinski definition) is 12. The minimum Gasteiger partial charge on any atom is -0.458 e. The van der Waals surface area contributed by atoms with Crippen LogP contribution in [0.25, 0.3) is 0 Å². The molecule has 0 radical (unpaired) electrons. The van der Waals surface area contributed by atoms with Gasteiger partial charge in [0, 0.05) is 13.0 Å². The summed E-state index contributed by atoms with van der Waals surface area (Å²) in [4.78, 5) is 125. The van der Waals surface area contributed by atoms with E-state index in [4.69, 9.17) is 15.2 Å². The first-order chi connectivity index (χ1) is 32.2. The van der Waals surface area contributed by atoms with E-state index >= 15 is 0 Å². The minimum atomic E-state index is -1.68. The number of amides is 8. The van der Waals surface area contributed by atoms with Crippen LogP contribution in [0.2, 0.25) is 0 Å². The van der Waals surface area contributed by atoms with E-state index in [9.17, 15) is 43.2 Å². The molecule has 10 atom stereocenters. The summed E-state index contributed by atoms with van der Waals surface area (Å²) in [6.45, 7) is 21.9. The fraction of sp³-hybridized carbons (Fsp3) is 0.653. The summed E-state index contributed by atoms with van der Waals surface area (Å²) < 4.78 is 11.1. The van der Waals surface area contributed by atoms with Gasteiger partial charge in [0.1, 0.15) is 53.7 Å². The Hall–Kier alpha value is -6.05. The van der Waals surface area contributed by atoms with E-state index in [-0.39, 0.29) is 25.1 Å². The van der Waals surface area contributed by atoms with Gasteiger partial charge in [0.05, 0.1) is 6.04 Å². The van der Waals surface area contributed by atoms with Gasteiger partial charge in [0.25, 0.3) is 5.91 Å². The van der Waals surface area contributed by atoms with Gasteiger partial charge in [-0.05, 0) is 76.7 Å². The van der Waals surface area contributed by atoms with E-state index in [2.05, 4.69) is 42.5 Å². The first kappa shape index (κ1) is 59.1. The van der Waals surface area contributed by atoms with Gasteiger partial charge in [-0.25, -0.2) is 9.59 Å². The van der Waals surface area contributed by atoms with Crippen molar-refractivity contribution in [2.45, 2.75) is 176 Å². The number of hydrogen-bond donors (Lipinski definition) is 9. The van der Waals surface area contributed by atoms with Gasteiger partial charge in [-0.3, -0.25) is 33.6 Å². The Labute approximate surface area is 407 Å². The summed E-state index contributed by atoms with van der Waals surface area (Å²) in [5, 5.41) is 21.4. The number of carbonyl (C=O) groups is 9. The molecular weight excluding hydrogens is 891 g/mol. The van der Waals surface area contributed by atoms with E-state index in [0.29, 0.717) is 24.8 Å². The highest BCUT2D eigenvalue weighted by molar-refractivity contribution is 6.02. The van der Waals surface area contributed by atoms with Crippen LogP contribution in [-0.2, 0) is 54.3 Å². The SMILES string of the molecule is C/C=C1\NC(=O)[C@H](Cc2ccccc2)NC(=O)[C@@H](C(C)C)NC(=O)[C@@H]([C@@H](C)CC)NC(=O)[C@H](NC(=O)[C@H](NC(=O)[C@@H](N)CCCNC(=O)OC(C)(C)C)[C@@H](C)CC)[C@@H](C)OC(=O)[C@H](C(C)C)NC1=O. The molecule has 0 aromatic heterocycles. The molecule has 0 saturated carbocycles. The minimum absolute atomic E-state index is 0.0107. The molecule has 0 bridgehead atoms. The number of cyclic esters (lactones) is 1. The highest BCUT2D eigenvalue weighted by Crippen LogP contribution is 2.17. The van der Waals surface area contributed by atoms with Crippen molar-refractivity contribution >= 4 is 53.4 Å². The van der Waals surface area contributed by atoms with Gasteiger partial charge < -0.3 is 57.7 Å². The number of allylic oxidation sites excluding steroid dienone is 1. The highest BCUT2D eigenvalue weighted by atomic mass is 16.6. The fourth-order valence-electron chi connectivity index (χ4n) is 7.12. The van der Waals surface area contributed by atoms with Crippen LogP contribution in [0.5, 0.6) is 0 Å². The van der Waals surface area contributed by atoms with Crippen molar-refractivity contribution in [1.82, 2.24) is 42.5 Å². The van der Waals surface area contributed by atoms with Crippen molar-refractivity contribution in [3.63, 3.8) is 0 Å². The van der Waals surface area contributed by atoms with Gasteiger partial charge >= 0.3 is 12.1 Å². The topological polar surface area (TPSA) is 294 Å². The van der Waals surface area contributed by atoms with Crippen molar-refractivity contribution < 1.29 is 52.6 Å². The number of alkyl carbamates (subject to hydrolysis) is 1. The Morgan fingerprint density at radius 2 is 1.39 bits per heavy atom. The van der Waals surface area contributed by atoms with Crippen molar-refractivity contribution in [1.29, 1.82) is 0 Å². The average molecular weight is 970 g/mol. The van der Waals surface area contributed by atoms with Crippen molar-refractivity contribution in [3.05, 3.63) is 47.7 Å². The third-order valence-electron chi connectivity index (χ3n) is 11.8. The molecule has 1 aromatic rings. The average Bonchev–Trinajstić information content (AvgIpc) is 3.28. The van der Waals surface area contributed by atoms with Crippen molar-refractivity contribution in [3.8, 4) is 0 Å². The Kier molecular flexibility index (Phi) is 23.8. The lowest BCUT2D eigenvalue weighted by Crippen LogP contribution is -2.63. The number of nitrogens with one attached hydrogen (secondary N) is 8. The summed E-state index contributed by atoms with van der Waals surface area (Å²) in [6.07, 6.45) is 0.476. The fourth-order valence-corrected chi connectivity index (χ4v) is 7.12. The standard InChI is InChI=1S/C49H79N9O11/c1-14-28(8)37(56-40(59)32(50)23-20-24-51-48(67)69-49(11,12)13)45(64)58-39-30(10)68-47(66)36(27(6)7)55-41(60)33(16-3)52-42(61)34(25-31-21-18-17-19-22-31)53-43(62)35(26(4)5)54-44(63)38(29(9)15-2)57-46(39)65/h16-19,21-22,26-30,32,34-39H,14-15,20,23-25,50H2,1-13H3,(H,51,67)(H,52,61)(H,53,62)(H,54,63)(H,55,60)(H,56,59)(H,57,65)(H,58,64)/b33-16-/t28-,29-,30+,32-,34-,35+,36-,37+,38+,39+/m0/s1. The molecule has 10 N–H and O–H groups in total. The molecule has 1 aliphatic rings. The molecule has 1 saturated heterocycles. The third-order valence-corrected chi connectivity index (χ3v) is 11.8. The van der Waals surface area contributed by atoms with E-state index in [1.165, 1.54) is 19.9 Å². The smallest absolute Gasteiger partial charge is 0.407 e. The molecule has 8 amide bonds. The molecule has 2 rings (SSSR count). The second-order valence-electron chi connectivity index (χ2n) is 19.4. The molecule has 69 heavy (non-hydrogen) atoms. The number of ether oxygens (including phenoxy) is 2. The quantitative estimate of drug-likeness (QED) is 0.0655. The molecule has 20 heteroatoms. The third kappa shape index (κ3) is 19.1. The second kappa shape index (κ2) is 27.8. The first-order valence-corrected chi connectivity index (χ1v) is 24.0. The number of rotatable bonds is 16. The van der Waals surface area contributed by atoms with E-state index in [0.717, 1.165) is 0 Å². The second-order valence-corrected chi connectivity index (χ2v) is 19.4. The zero-order chi connectivity index (χ0) is 52.3. The molecule has 1 aromatic carbocycles. The van der Waals surface area contributed by atoms with Crippen LogP contribution in [0.3, 0.4) is 0 Å². The maximum Gasteiger partial charge on any atom is 0.407 e. The van der Waals surface area contributed by atoms with Gasteiger partial charge in [-0.2, -0.15) is 0 Å².